The van der Waals surface area contributed by atoms with E-state index in [1.165, 1.54) is 0 Å². The Hall–Kier alpha value is -3.12. The summed E-state index contributed by atoms with van der Waals surface area (Å²) >= 11 is 0. The molecule has 3 aromatic rings. The molecule has 0 spiro atoms. The number of aromatic amines is 1. The Kier molecular flexibility index (Phi) is 4.81. The number of aliphatic carboxylic acids is 1. The number of benzene rings is 2. The maximum Gasteiger partial charge on any atom is 0.322 e. The molecule has 0 radical (unpaired) electrons. The number of hydrogen-bond acceptors (Lipinski definition) is 4. The molecule has 0 aliphatic carbocycles. The Morgan fingerprint density at radius 2 is 1.76 bits per heavy atom. The van der Waals surface area contributed by atoms with Crippen LogP contribution in [0.4, 0.5) is 0 Å². The number of carboxylic acids is 1. The molecule has 128 valence electrons. The van der Waals surface area contributed by atoms with Gasteiger partial charge in [-0.1, -0.05) is 48.5 Å². The minimum Gasteiger partial charge on any atom is -0.481 e. The van der Waals surface area contributed by atoms with Crippen molar-refractivity contribution < 1.29 is 19.4 Å². The first-order valence-corrected chi connectivity index (χ1v) is 7.83. The SMILES string of the molecule is NC(c1cc2ccccc2[nH]1)C(C(=O)O)C(=O)OCc1ccccc1. The summed E-state index contributed by atoms with van der Waals surface area (Å²) in [5.41, 5.74) is 8.14. The Bertz CT molecular complexity index is 856. The molecule has 0 bridgehead atoms. The highest BCUT2D eigenvalue weighted by Crippen LogP contribution is 2.25. The smallest absolute Gasteiger partial charge is 0.322 e. The highest BCUT2D eigenvalue weighted by Gasteiger charge is 2.36. The first kappa shape index (κ1) is 16.7. The Labute approximate surface area is 144 Å². The summed E-state index contributed by atoms with van der Waals surface area (Å²) in [5, 5.41) is 10.4. The van der Waals surface area contributed by atoms with Crippen LogP contribution in [0.5, 0.6) is 0 Å². The van der Waals surface area contributed by atoms with E-state index in [-0.39, 0.29) is 6.61 Å². The second-order valence-electron chi connectivity index (χ2n) is 5.75. The number of hydrogen-bond donors (Lipinski definition) is 3. The van der Waals surface area contributed by atoms with E-state index in [0.29, 0.717) is 5.69 Å². The molecular weight excluding hydrogens is 320 g/mol. The Balaban J connectivity index is 1.77. The fraction of sp³-hybridized carbons (Fsp3) is 0.158. The van der Waals surface area contributed by atoms with E-state index < -0.39 is 23.9 Å². The first-order chi connectivity index (χ1) is 12.1. The topological polar surface area (TPSA) is 105 Å². The lowest BCUT2D eigenvalue weighted by atomic mass is 9.98. The largest absolute Gasteiger partial charge is 0.481 e. The van der Waals surface area contributed by atoms with Crippen molar-refractivity contribution in [2.45, 2.75) is 12.6 Å². The number of carbonyl (C=O) groups excluding carboxylic acids is 1. The van der Waals surface area contributed by atoms with Gasteiger partial charge in [0.15, 0.2) is 5.92 Å². The molecule has 6 heteroatoms. The van der Waals surface area contributed by atoms with Crippen LogP contribution in [-0.2, 0) is 20.9 Å². The van der Waals surface area contributed by atoms with Gasteiger partial charge in [-0.2, -0.15) is 0 Å². The lowest BCUT2D eigenvalue weighted by Crippen LogP contribution is -2.36. The average molecular weight is 338 g/mol. The molecule has 2 aromatic carbocycles. The highest BCUT2D eigenvalue weighted by atomic mass is 16.5. The van der Waals surface area contributed by atoms with E-state index in [0.717, 1.165) is 16.5 Å². The summed E-state index contributed by atoms with van der Waals surface area (Å²) in [7, 11) is 0. The second-order valence-corrected chi connectivity index (χ2v) is 5.75. The predicted octanol–water partition coefficient (Wildman–Crippen LogP) is 2.61. The number of H-pyrrole nitrogens is 1. The van der Waals surface area contributed by atoms with E-state index in [4.69, 9.17) is 10.5 Å². The number of nitrogens with one attached hydrogen (secondary N) is 1. The number of carboxylic acid groups (broad SMARTS) is 1. The number of fused-ring (bicyclic) bond motifs is 1. The molecule has 0 aliphatic heterocycles. The van der Waals surface area contributed by atoms with Crippen molar-refractivity contribution in [3.05, 3.63) is 71.9 Å². The van der Waals surface area contributed by atoms with Gasteiger partial charge in [-0.3, -0.25) is 9.59 Å². The van der Waals surface area contributed by atoms with Crippen molar-refractivity contribution in [1.29, 1.82) is 0 Å². The number of carbonyl (C=O) groups is 2. The lowest BCUT2D eigenvalue weighted by molar-refractivity contribution is -0.160. The number of rotatable bonds is 6. The van der Waals surface area contributed by atoms with Crippen LogP contribution in [0.1, 0.15) is 17.3 Å². The third-order valence-corrected chi connectivity index (χ3v) is 4.01. The number of aromatic nitrogens is 1. The zero-order valence-electron chi connectivity index (χ0n) is 13.4. The monoisotopic (exact) mass is 338 g/mol. The molecule has 4 N–H and O–H groups in total. The zero-order valence-corrected chi connectivity index (χ0v) is 13.4. The van der Waals surface area contributed by atoms with Crippen LogP contribution in [0.2, 0.25) is 0 Å². The summed E-state index contributed by atoms with van der Waals surface area (Å²) in [4.78, 5) is 26.9. The van der Waals surface area contributed by atoms with Crippen LogP contribution in [0, 0.1) is 5.92 Å². The molecule has 0 aliphatic rings. The number of para-hydroxylation sites is 1. The van der Waals surface area contributed by atoms with Gasteiger partial charge >= 0.3 is 11.9 Å². The van der Waals surface area contributed by atoms with Gasteiger partial charge in [0.1, 0.15) is 6.61 Å². The van der Waals surface area contributed by atoms with Gasteiger partial charge in [0.05, 0.1) is 6.04 Å². The zero-order chi connectivity index (χ0) is 17.8. The van der Waals surface area contributed by atoms with E-state index in [2.05, 4.69) is 4.98 Å². The van der Waals surface area contributed by atoms with Gasteiger partial charge < -0.3 is 20.6 Å². The molecule has 3 rings (SSSR count). The van der Waals surface area contributed by atoms with Gasteiger partial charge in [-0.25, -0.2) is 0 Å². The van der Waals surface area contributed by atoms with Crippen molar-refractivity contribution in [2.75, 3.05) is 0 Å². The fourth-order valence-corrected chi connectivity index (χ4v) is 2.67. The third-order valence-electron chi connectivity index (χ3n) is 4.01. The normalized spacial score (nSPS) is 13.3. The van der Waals surface area contributed by atoms with E-state index in [1.807, 2.05) is 42.5 Å². The summed E-state index contributed by atoms with van der Waals surface area (Å²) in [6.07, 6.45) is 0. The standard InChI is InChI=1S/C19H18N2O4/c20-17(15-10-13-8-4-5-9-14(13)21-15)16(18(22)23)19(24)25-11-12-6-2-1-3-7-12/h1-10,16-17,21H,11,20H2,(H,22,23). The van der Waals surface area contributed by atoms with Crippen molar-refractivity contribution in [3.8, 4) is 0 Å². The van der Waals surface area contributed by atoms with Crippen LogP contribution in [0.15, 0.2) is 60.7 Å². The number of esters is 1. The van der Waals surface area contributed by atoms with Gasteiger partial charge in [0.25, 0.3) is 0 Å². The maximum absolute atomic E-state index is 12.3. The minimum absolute atomic E-state index is 0.00285. The average Bonchev–Trinajstić information content (AvgIpc) is 3.05. The number of ether oxygens (including phenoxy) is 1. The molecule has 0 fully saturated rings. The summed E-state index contributed by atoms with van der Waals surface area (Å²) < 4.78 is 5.15. The van der Waals surface area contributed by atoms with E-state index in [9.17, 15) is 14.7 Å². The molecule has 1 heterocycles. The van der Waals surface area contributed by atoms with Crippen LogP contribution < -0.4 is 5.73 Å². The van der Waals surface area contributed by atoms with Gasteiger partial charge in [-0.15, -0.1) is 0 Å². The first-order valence-electron chi connectivity index (χ1n) is 7.83. The maximum atomic E-state index is 12.3. The molecular formula is C19H18N2O4. The summed E-state index contributed by atoms with van der Waals surface area (Å²) in [6.45, 7) is 0.00285. The lowest BCUT2D eigenvalue weighted by Gasteiger charge is -2.18. The molecule has 1 aromatic heterocycles. The second kappa shape index (κ2) is 7.19. The third kappa shape index (κ3) is 3.70. The van der Waals surface area contributed by atoms with Gasteiger partial charge in [-0.05, 0) is 23.1 Å². The fourth-order valence-electron chi connectivity index (χ4n) is 2.67. The summed E-state index contributed by atoms with van der Waals surface area (Å²) in [5.74, 6) is -3.66. The van der Waals surface area contributed by atoms with Gasteiger partial charge in [0, 0.05) is 11.2 Å². The van der Waals surface area contributed by atoms with E-state index >= 15 is 0 Å². The van der Waals surface area contributed by atoms with Crippen LogP contribution in [0.25, 0.3) is 10.9 Å². The minimum atomic E-state index is -1.49. The molecule has 0 saturated carbocycles. The molecule has 0 saturated heterocycles. The van der Waals surface area contributed by atoms with Crippen molar-refractivity contribution in [2.24, 2.45) is 11.7 Å². The molecule has 2 unspecified atom stereocenters. The quantitative estimate of drug-likeness (QED) is 0.473. The van der Waals surface area contributed by atoms with Crippen LogP contribution >= 0.6 is 0 Å². The van der Waals surface area contributed by atoms with Crippen LogP contribution in [-0.4, -0.2) is 22.0 Å². The van der Waals surface area contributed by atoms with Crippen molar-refractivity contribution >= 4 is 22.8 Å². The van der Waals surface area contributed by atoms with Crippen LogP contribution in [0.3, 0.4) is 0 Å². The highest BCUT2D eigenvalue weighted by molar-refractivity contribution is 5.95. The number of nitrogens with two attached hydrogens (primary N) is 1. The molecule has 25 heavy (non-hydrogen) atoms. The van der Waals surface area contributed by atoms with Crippen molar-refractivity contribution in [1.82, 2.24) is 4.98 Å². The molecule has 2 atom stereocenters. The molecule has 0 amide bonds. The Morgan fingerprint density at radius 3 is 2.44 bits per heavy atom. The van der Waals surface area contributed by atoms with E-state index in [1.54, 1.807) is 18.2 Å². The molecule has 6 nitrogen and oxygen atoms in total. The summed E-state index contributed by atoms with van der Waals surface area (Å²) in [6, 6.07) is 17.2. The van der Waals surface area contributed by atoms with Gasteiger partial charge in [0.2, 0.25) is 0 Å². The Morgan fingerprint density at radius 1 is 1.08 bits per heavy atom. The van der Waals surface area contributed by atoms with Crippen molar-refractivity contribution in [3.63, 3.8) is 0 Å². The predicted molar refractivity (Wildman–Crippen MR) is 92.6 cm³/mol.